The summed E-state index contributed by atoms with van der Waals surface area (Å²) >= 11 is 1.67. The lowest BCUT2D eigenvalue weighted by molar-refractivity contribution is 0.216. The van der Waals surface area contributed by atoms with Crippen molar-refractivity contribution in [1.29, 1.82) is 0 Å². The number of aromatic nitrogens is 1. The van der Waals surface area contributed by atoms with E-state index in [0.29, 0.717) is 6.54 Å². The van der Waals surface area contributed by atoms with Gasteiger partial charge in [-0.25, -0.2) is 4.98 Å². The highest BCUT2D eigenvalue weighted by Gasteiger charge is 2.06. The Balaban J connectivity index is 2.08. The molecule has 0 spiro atoms. The molecule has 0 fully saturated rings. The average molecular weight is 262 g/mol. The number of nitrogens with zero attached hydrogens (tertiary/aromatic N) is 2. The van der Waals surface area contributed by atoms with E-state index in [1.165, 1.54) is 11.1 Å². The molecule has 1 aromatic heterocycles. The fraction of sp³-hybridized carbons (Fsp3) is 0.357. The zero-order chi connectivity index (χ0) is 13.0. The molecular weight excluding hydrogens is 244 g/mol. The summed E-state index contributed by atoms with van der Waals surface area (Å²) in [4.78, 5) is 6.69. The highest BCUT2D eigenvalue weighted by Crippen LogP contribution is 2.24. The van der Waals surface area contributed by atoms with E-state index in [2.05, 4.69) is 46.5 Å². The predicted molar refractivity (Wildman–Crippen MR) is 75.7 cm³/mol. The molecule has 0 unspecified atom stereocenters. The van der Waals surface area contributed by atoms with E-state index in [1.807, 2.05) is 7.05 Å². The topological polar surface area (TPSA) is 36.4 Å². The van der Waals surface area contributed by atoms with Crippen LogP contribution in [0.25, 0.3) is 10.6 Å². The summed E-state index contributed by atoms with van der Waals surface area (Å²) in [5.41, 5.74) is 3.49. The molecule has 0 aliphatic rings. The number of likely N-dealkylation sites (N-methyl/N-ethyl adjacent to an activating group) is 1. The molecule has 0 aliphatic heterocycles. The molecule has 4 heteroatoms. The maximum atomic E-state index is 8.86. The summed E-state index contributed by atoms with van der Waals surface area (Å²) in [6.07, 6.45) is 0. The van der Waals surface area contributed by atoms with Crippen LogP contribution in [-0.4, -0.2) is 35.2 Å². The average Bonchev–Trinajstić information content (AvgIpc) is 2.78. The highest BCUT2D eigenvalue weighted by molar-refractivity contribution is 7.13. The van der Waals surface area contributed by atoms with Gasteiger partial charge in [0, 0.05) is 24.0 Å². The van der Waals surface area contributed by atoms with Crippen LogP contribution in [0, 0.1) is 6.92 Å². The molecule has 0 radical (unpaired) electrons. The molecule has 1 N–H and O–H groups in total. The molecule has 2 aromatic rings. The lowest BCUT2D eigenvalue weighted by Gasteiger charge is -2.12. The largest absolute Gasteiger partial charge is 0.395 e. The van der Waals surface area contributed by atoms with Crippen LogP contribution in [0.3, 0.4) is 0 Å². The van der Waals surface area contributed by atoms with Crippen molar-refractivity contribution in [3.05, 3.63) is 40.9 Å². The lowest BCUT2D eigenvalue weighted by Crippen LogP contribution is -2.21. The van der Waals surface area contributed by atoms with Gasteiger partial charge in [0.1, 0.15) is 5.01 Å². The van der Waals surface area contributed by atoms with Crippen molar-refractivity contribution in [1.82, 2.24) is 9.88 Å². The third kappa shape index (κ3) is 3.38. The zero-order valence-corrected chi connectivity index (χ0v) is 11.6. The van der Waals surface area contributed by atoms with Gasteiger partial charge in [-0.1, -0.05) is 29.8 Å². The Morgan fingerprint density at radius 2 is 2.00 bits per heavy atom. The zero-order valence-electron chi connectivity index (χ0n) is 10.8. The van der Waals surface area contributed by atoms with E-state index in [9.17, 15) is 0 Å². The van der Waals surface area contributed by atoms with Gasteiger partial charge in [-0.2, -0.15) is 0 Å². The van der Waals surface area contributed by atoms with Gasteiger partial charge in [-0.05, 0) is 14.0 Å². The fourth-order valence-electron chi connectivity index (χ4n) is 1.73. The summed E-state index contributed by atoms with van der Waals surface area (Å²) in [5, 5.41) is 12.0. The van der Waals surface area contributed by atoms with E-state index < -0.39 is 0 Å². The second kappa shape index (κ2) is 6.09. The van der Waals surface area contributed by atoms with Gasteiger partial charge in [0.15, 0.2) is 0 Å². The summed E-state index contributed by atoms with van der Waals surface area (Å²) in [5.74, 6) is 0. The summed E-state index contributed by atoms with van der Waals surface area (Å²) < 4.78 is 0. The molecule has 0 aliphatic carbocycles. The Morgan fingerprint density at radius 1 is 1.28 bits per heavy atom. The second-order valence-corrected chi connectivity index (χ2v) is 5.33. The minimum atomic E-state index is 0.186. The molecule has 2 rings (SSSR count). The minimum absolute atomic E-state index is 0.186. The maximum absolute atomic E-state index is 8.86. The molecule has 18 heavy (non-hydrogen) atoms. The number of hydrogen-bond acceptors (Lipinski definition) is 4. The van der Waals surface area contributed by atoms with Crippen LogP contribution in [0.15, 0.2) is 29.6 Å². The molecule has 0 atom stereocenters. The number of aliphatic hydroxyl groups is 1. The summed E-state index contributed by atoms with van der Waals surface area (Å²) in [6, 6.07) is 8.42. The smallest absolute Gasteiger partial charge is 0.123 e. The van der Waals surface area contributed by atoms with E-state index in [4.69, 9.17) is 5.11 Å². The number of aliphatic hydroxyl groups excluding tert-OH is 1. The first-order chi connectivity index (χ1) is 8.69. The van der Waals surface area contributed by atoms with Crippen molar-refractivity contribution in [2.45, 2.75) is 13.5 Å². The third-order valence-electron chi connectivity index (χ3n) is 2.76. The van der Waals surface area contributed by atoms with Crippen LogP contribution in [0.5, 0.6) is 0 Å². The molecule has 96 valence electrons. The Morgan fingerprint density at radius 3 is 2.67 bits per heavy atom. The summed E-state index contributed by atoms with van der Waals surface area (Å²) in [6.45, 7) is 3.73. The molecule has 0 bridgehead atoms. The van der Waals surface area contributed by atoms with Crippen LogP contribution in [-0.2, 0) is 6.54 Å². The van der Waals surface area contributed by atoms with E-state index in [0.717, 1.165) is 17.2 Å². The van der Waals surface area contributed by atoms with Crippen molar-refractivity contribution in [2.75, 3.05) is 20.2 Å². The molecule has 1 aromatic carbocycles. The quantitative estimate of drug-likeness (QED) is 0.899. The monoisotopic (exact) mass is 262 g/mol. The highest BCUT2D eigenvalue weighted by atomic mass is 32.1. The number of hydrogen-bond donors (Lipinski definition) is 1. The first-order valence-electron chi connectivity index (χ1n) is 6.00. The summed E-state index contributed by atoms with van der Waals surface area (Å²) in [7, 11) is 1.99. The molecular formula is C14H18N2OS. The first-order valence-corrected chi connectivity index (χ1v) is 6.88. The molecule has 3 nitrogen and oxygen atoms in total. The van der Waals surface area contributed by atoms with Gasteiger partial charge in [0.05, 0.1) is 12.3 Å². The Kier molecular flexibility index (Phi) is 4.47. The van der Waals surface area contributed by atoms with E-state index >= 15 is 0 Å². The predicted octanol–water partition coefficient (Wildman–Crippen LogP) is 2.54. The SMILES string of the molecule is Cc1ccc(-c2nc(CN(C)CCO)cs2)cc1. The molecule has 1 heterocycles. The van der Waals surface area contributed by atoms with Crippen LogP contribution in [0.4, 0.5) is 0 Å². The van der Waals surface area contributed by atoms with Gasteiger partial charge in [0.25, 0.3) is 0 Å². The fourth-order valence-corrected chi connectivity index (χ4v) is 2.55. The maximum Gasteiger partial charge on any atom is 0.123 e. The van der Waals surface area contributed by atoms with Gasteiger partial charge in [-0.3, -0.25) is 4.90 Å². The van der Waals surface area contributed by atoms with Gasteiger partial charge >= 0.3 is 0 Å². The number of aryl methyl sites for hydroxylation is 1. The van der Waals surface area contributed by atoms with Gasteiger partial charge in [0.2, 0.25) is 0 Å². The minimum Gasteiger partial charge on any atom is -0.395 e. The van der Waals surface area contributed by atoms with Crippen LogP contribution >= 0.6 is 11.3 Å². The number of benzene rings is 1. The Bertz CT molecular complexity index is 493. The Labute approximate surface area is 112 Å². The van der Waals surface area contributed by atoms with E-state index in [1.54, 1.807) is 11.3 Å². The third-order valence-corrected chi connectivity index (χ3v) is 3.70. The van der Waals surface area contributed by atoms with Crippen molar-refractivity contribution in [2.24, 2.45) is 0 Å². The lowest BCUT2D eigenvalue weighted by atomic mass is 10.2. The second-order valence-electron chi connectivity index (χ2n) is 4.47. The Hall–Kier alpha value is -1.23. The number of thiazole rings is 1. The molecule has 0 saturated heterocycles. The molecule has 0 saturated carbocycles. The number of rotatable bonds is 5. The van der Waals surface area contributed by atoms with Crippen molar-refractivity contribution in [3.8, 4) is 10.6 Å². The van der Waals surface area contributed by atoms with E-state index in [-0.39, 0.29) is 6.61 Å². The van der Waals surface area contributed by atoms with Crippen molar-refractivity contribution < 1.29 is 5.11 Å². The van der Waals surface area contributed by atoms with Crippen LogP contribution in [0.2, 0.25) is 0 Å². The van der Waals surface area contributed by atoms with Crippen LogP contribution < -0.4 is 0 Å². The first kappa shape index (κ1) is 13.2. The van der Waals surface area contributed by atoms with Crippen LogP contribution in [0.1, 0.15) is 11.3 Å². The molecule has 0 amide bonds. The van der Waals surface area contributed by atoms with Crippen molar-refractivity contribution >= 4 is 11.3 Å². The van der Waals surface area contributed by atoms with Gasteiger partial charge in [-0.15, -0.1) is 11.3 Å². The van der Waals surface area contributed by atoms with Crippen molar-refractivity contribution in [3.63, 3.8) is 0 Å². The standard InChI is InChI=1S/C14H18N2OS/c1-11-3-5-12(6-4-11)14-15-13(10-18-14)9-16(2)7-8-17/h3-6,10,17H,7-9H2,1-2H3. The van der Waals surface area contributed by atoms with Gasteiger partial charge < -0.3 is 5.11 Å². The normalized spacial score (nSPS) is 11.1.